The highest BCUT2D eigenvalue weighted by Crippen LogP contribution is 2.21. The van der Waals surface area contributed by atoms with Gasteiger partial charge in [-0.05, 0) is 0 Å². The molecule has 1 amide bonds. The van der Waals surface area contributed by atoms with Gasteiger partial charge in [-0.1, -0.05) is 0 Å². The predicted octanol–water partition coefficient (Wildman–Crippen LogP) is -0.166. The Morgan fingerprint density at radius 3 is 2.68 bits per heavy atom. The van der Waals surface area contributed by atoms with Gasteiger partial charge in [-0.3, -0.25) is 14.5 Å². The molecule has 3 N–H and O–H groups in total. The normalized spacial score (nSPS) is 23.2. The van der Waals surface area contributed by atoms with Crippen LogP contribution in [0.4, 0.5) is 0 Å². The van der Waals surface area contributed by atoms with Crippen molar-refractivity contribution in [3.05, 3.63) is 17.8 Å². The van der Waals surface area contributed by atoms with Gasteiger partial charge in [-0.2, -0.15) is 0 Å². The van der Waals surface area contributed by atoms with Crippen LogP contribution < -0.4 is 5.73 Å². The first kappa shape index (κ1) is 21.7. The highest BCUT2D eigenvalue weighted by Gasteiger charge is 2.37. The Balaban J connectivity index is 0.00000156. The SMILES string of the molecule is Cl.Cl.NCc1nc(C(=O)N2C[C@H]3COC[C@@H]2CN(CC(=O)O)C3)co1. The zero-order valence-electron chi connectivity index (χ0n) is 13.5. The highest BCUT2D eigenvalue weighted by atomic mass is 35.5. The number of carboxylic acids is 1. The molecule has 0 unspecified atom stereocenters. The molecular weight excluding hydrogens is 375 g/mol. The van der Waals surface area contributed by atoms with Crippen molar-refractivity contribution in [1.82, 2.24) is 14.8 Å². The number of ether oxygens (including phenoxy) is 1. The first-order valence-corrected chi connectivity index (χ1v) is 7.54. The predicted molar refractivity (Wildman–Crippen MR) is 92.1 cm³/mol. The first-order valence-electron chi connectivity index (χ1n) is 7.54. The summed E-state index contributed by atoms with van der Waals surface area (Å²) < 4.78 is 10.8. The monoisotopic (exact) mass is 396 g/mol. The molecular formula is C14H22Cl2N4O5. The van der Waals surface area contributed by atoms with Crippen molar-refractivity contribution in [3.8, 4) is 0 Å². The van der Waals surface area contributed by atoms with Crippen LogP contribution in [0.5, 0.6) is 0 Å². The number of carbonyl (C=O) groups is 2. The Kier molecular flexibility index (Phi) is 8.10. The fourth-order valence-corrected chi connectivity index (χ4v) is 3.16. The number of aromatic nitrogens is 1. The number of fused-ring (bicyclic) bond motifs is 3. The molecule has 2 atom stereocenters. The number of carboxylic acid groups (broad SMARTS) is 1. The van der Waals surface area contributed by atoms with Gasteiger partial charge >= 0.3 is 5.97 Å². The second kappa shape index (κ2) is 9.35. The van der Waals surface area contributed by atoms with Crippen molar-refractivity contribution in [1.29, 1.82) is 0 Å². The van der Waals surface area contributed by atoms with E-state index >= 15 is 0 Å². The van der Waals surface area contributed by atoms with E-state index in [1.165, 1.54) is 6.26 Å². The first-order chi connectivity index (χ1) is 11.1. The van der Waals surface area contributed by atoms with Gasteiger partial charge in [0.05, 0.1) is 32.3 Å². The Labute approximate surface area is 157 Å². The van der Waals surface area contributed by atoms with Gasteiger partial charge in [-0.25, -0.2) is 4.98 Å². The maximum absolute atomic E-state index is 12.7. The van der Waals surface area contributed by atoms with E-state index in [2.05, 4.69) is 4.98 Å². The summed E-state index contributed by atoms with van der Waals surface area (Å²) in [5, 5.41) is 9.02. The minimum atomic E-state index is -0.868. The zero-order chi connectivity index (χ0) is 16.4. The standard InChI is InChI=1S/C14H20N4O5.2ClH/c15-1-12-16-11(8-23-12)14(21)18-3-9-2-17(5-13(19)20)4-10(18)7-22-6-9;;/h8-10H,1-7,15H2,(H,19,20);2*1H/t9-,10-;;/m0../s1. The van der Waals surface area contributed by atoms with Crippen molar-refractivity contribution >= 4 is 36.7 Å². The lowest BCUT2D eigenvalue weighted by Gasteiger charge is -2.30. The van der Waals surface area contributed by atoms with Gasteiger partial charge in [0.1, 0.15) is 6.26 Å². The van der Waals surface area contributed by atoms with E-state index in [0.29, 0.717) is 38.7 Å². The van der Waals surface area contributed by atoms with E-state index in [0.717, 1.165) is 0 Å². The van der Waals surface area contributed by atoms with Crippen LogP contribution in [0.3, 0.4) is 0 Å². The Morgan fingerprint density at radius 2 is 2.04 bits per heavy atom. The number of hydrogen-bond donors (Lipinski definition) is 2. The number of halogens is 2. The second-order valence-corrected chi connectivity index (χ2v) is 5.93. The molecule has 2 aliphatic heterocycles. The second-order valence-electron chi connectivity index (χ2n) is 5.93. The molecule has 9 nitrogen and oxygen atoms in total. The summed E-state index contributed by atoms with van der Waals surface area (Å²) in [4.78, 5) is 31.4. The Morgan fingerprint density at radius 1 is 1.28 bits per heavy atom. The van der Waals surface area contributed by atoms with Crippen LogP contribution in [0.1, 0.15) is 16.4 Å². The lowest BCUT2D eigenvalue weighted by atomic mass is 10.1. The van der Waals surface area contributed by atoms with Crippen LogP contribution in [0.15, 0.2) is 10.7 Å². The minimum Gasteiger partial charge on any atom is -0.480 e. The van der Waals surface area contributed by atoms with Gasteiger partial charge < -0.3 is 24.9 Å². The van der Waals surface area contributed by atoms with Crippen LogP contribution >= 0.6 is 24.8 Å². The van der Waals surface area contributed by atoms with E-state index in [9.17, 15) is 9.59 Å². The Bertz CT molecular complexity index is 600. The fraction of sp³-hybridized carbons (Fsp3) is 0.643. The van der Waals surface area contributed by atoms with Crippen molar-refractivity contribution in [2.24, 2.45) is 11.7 Å². The summed E-state index contributed by atoms with van der Waals surface area (Å²) in [6.07, 6.45) is 1.31. The largest absolute Gasteiger partial charge is 0.480 e. The third kappa shape index (κ3) is 5.05. The summed E-state index contributed by atoms with van der Waals surface area (Å²) in [5.41, 5.74) is 5.68. The van der Waals surface area contributed by atoms with Crippen LogP contribution in [0.25, 0.3) is 0 Å². The fourth-order valence-electron chi connectivity index (χ4n) is 3.16. The zero-order valence-corrected chi connectivity index (χ0v) is 15.1. The maximum Gasteiger partial charge on any atom is 0.317 e. The maximum atomic E-state index is 12.7. The lowest BCUT2D eigenvalue weighted by molar-refractivity contribution is -0.138. The summed E-state index contributed by atoms with van der Waals surface area (Å²) in [7, 11) is 0. The highest BCUT2D eigenvalue weighted by molar-refractivity contribution is 5.92. The quantitative estimate of drug-likeness (QED) is 0.719. The number of aliphatic carboxylic acids is 1. The molecule has 3 heterocycles. The van der Waals surface area contributed by atoms with Crippen LogP contribution in [-0.2, 0) is 16.1 Å². The summed E-state index contributed by atoms with van der Waals surface area (Å²) in [6, 6.07) is -0.202. The Hall–Kier alpha value is -1.39. The molecule has 0 saturated carbocycles. The number of oxazole rings is 1. The molecule has 2 fully saturated rings. The third-order valence-electron chi connectivity index (χ3n) is 4.11. The molecule has 2 aliphatic rings. The summed E-state index contributed by atoms with van der Waals surface area (Å²) in [5.74, 6) is -0.708. The molecule has 0 radical (unpaired) electrons. The summed E-state index contributed by atoms with van der Waals surface area (Å²) >= 11 is 0. The molecule has 11 heteroatoms. The van der Waals surface area contributed by atoms with E-state index in [4.69, 9.17) is 20.0 Å². The van der Waals surface area contributed by atoms with Crippen molar-refractivity contribution in [2.75, 3.05) is 39.4 Å². The van der Waals surface area contributed by atoms with Gasteiger partial charge in [0.25, 0.3) is 5.91 Å². The minimum absolute atomic E-state index is 0. The van der Waals surface area contributed by atoms with Gasteiger partial charge in [0, 0.05) is 25.6 Å². The van der Waals surface area contributed by atoms with Crippen molar-refractivity contribution in [3.63, 3.8) is 0 Å². The molecule has 0 spiro atoms. The number of nitrogens with zero attached hydrogens (tertiary/aromatic N) is 3. The number of nitrogens with two attached hydrogens (primary N) is 1. The van der Waals surface area contributed by atoms with Gasteiger partial charge in [0.2, 0.25) is 5.89 Å². The third-order valence-corrected chi connectivity index (χ3v) is 4.11. The average molecular weight is 397 g/mol. The molecule has 3 rings (SSSR count). The molecule has 25 heavy (non-hydrogen) atoms. The molecule has 2 saturated heterocycles. The van der Waals surface area contributed by atoms with Crippen LogP contribution in [0.2, 0.25) is 0 Å². The average Bonchev–Trinajstić information content (AvgIpc) is 2.80. The van der Waals surface area contributed by atoms with E-state index in [-0.39, 0.29) is 61.5 Å². The molecule has 1 aromatic heterocycles. The molecule has 2 bridgehead atoms. The number of amides is 1. The topological polar surface area (TPSA) is 122 Å². The van der Waals surface area contributed by atoms with E-state index in [1.807, 2.05) is 4.90 Å². The number of rotatable bonds is 4. The van der Waals surface area contributed by atoms with Crippen LogP contribution in [0, 0.1) is 5.92 Å². The number of carbonyl (C=O) groups excluding carboxylic acids is 1. The molecule has 0 aromatic carbocycles. The molecule has 1 aromatic rings. The van der Waals surface area contributed by atoms with Crippen molar-refractivity contribution in [2.45, 2.75) is 12.6 Å². The summed E-state index contributed by atoms with van der Waals surface area (Å²) in [6.45, 7) is 2.59. The molecule has 0 aliphatic carbocycles. The van der Waals surface area contributed by atoms with Gasteiger partial charge in [0.15, 0.2) is 5.69 Å². The van der Waals surface area contributed by atoms with E-state index < -0.39 is 5.97 Å². The number of hydrogen-bond acceptors (Lipinski definition) is 7. The lowest BCUT2D eigenvalue weighted by Crippen LogP contribution is -2.47. The van der Waals surface area contributed by atoms with Crippen molar-refractivity contribution < 1.29 is 23.8 Å². The smallest absolute Gasteiger partial charge is 0.317 e. The van der Waals surface area contributed by atoms with E-state index in [1.54, 1.807) is 4.90 Å². The van der Waals surface area contributed by atoms with Gasteiger partial charge in [-0.15, -0.1) is 24.8 Å². The molecule has 142 valence electrons. The van der Waals surface area contributed by atoms with Crippen LogP contribution in [-0.4, -0.2) is 77.2 Å².